The Bertz CT molecular complexity index is 388. The first-order valence-electron chi connectivity index (χ1n) is 5.48. The Morgan fingerprint density at radius 3 is 3.12 bits per heavy atom. The van der Waals surface area contributed by atoms with Crippen molar-refractivity contribution in [2.24, 2.45) is 0 Å². The standard InChI is InChI=1S/C10H16N4O2/c1-2-3-13-4-5-14-8(7-13)6-9(11-14)10(15)12-16/h6,16H,2-5,7H2,1H3,(H,12,15). The Kier molecular flexibility index (Phi) is 3.21. The van der Waals surface area contributed by atoms with E-state index in [2.05, 4.69) is 16.9 Å². The van der Waals surface area contributed by atoms with E-state index in [-0.39, 0.29) is 5.69 Å². The lowest BCUT2D eigenvalue weighted by Crippen LogP contribution is -2.34. The number of carbonyl (C=O) groups excluding carboxylic acids is 1. The first-order valence-corrected chi connectivity index (χ1v) is 5.48. The monoisotopic (exact) mass is 224 g/mol. The summed E-state index contributed by atoms with van der Waals surface area (Å²) in [6.45, 7) is 5.79. The molecule has 0 radical (unpaired) electrons. The Hall–Kier alpha value is -1.40. The minimum absolute atomic E-state index is 0.274. The van der Waals surface area contributed by atoms with Crippen molar-refractivity contribution in [1.29, 1.82) is 0 Å². The summed E-state index contributed by atoms with van der Waals surface area (Å²) in [5.41, 5.74) is 2.90. The third-order valence-corrected chi connectivity index (χ3v) is 2.75. The van der Waals surface area contributed by atoms with Crippen LogP contribution in [0.1, 0.15) is 29.5 Å². The van der Waals surface area contributed by atoms with Crippen LogP contribution < -0.4 is 5.48 Å². The maximum Gasteiger partial charge on any atom is 0.295 e. The lowest BCUT2D eigenvalue weighted by Gasteiger charge is -2.26. The number of hydrogen-bond donors (Lipinski definition) is 2. The highest BCUT2D eigenvalue weighted by atomic mass is 16.5. The van der Waals surface area contributed by atoms with Gasteiger partial charge in [0.1, 0.15) is 0 Å². The molecule has 16 heavy (non-hydrogen) atoms. The first kappa shape index (κ1) is 11.1. The third kappa shape index (κ3) is 2.07. The molecule has 0 fully saturated rings. The second-order valence-corrected chi connectivity index (χ2v) is 3.96. The summed E-state index contributed by atoms with van der Waals surface area (Å²) in [6, 6.07) is 1.73. The van der Waals surface area contributed by atoms with Gasteiger partial charge in [-0.25, -0.2) is 5.48 Å². The van der Waals surface area contributed by atoms with E-state index in [9.17, 15) is 4.79 Å². The second kappa shape index (κ2) is 4.63. The fourth-order valence-electron chi connectivity index (χ4n) is 2.00. The van der Waals surface area contributed by atoms with Gasteiger partial charge in [0, 0.05) is 13.1 Å². The maximum atomic E-state index is 11.2. The SMILES string of the molecule is CCCN1CCn2nc(C(=O)NO)cc2C1. The van der Waals surface area contributed by atoms with Crippen LogP contribution in [0.15, 0.2) is 6.07 Å². The molecule has 0 saturated carbocycles. The highest BCUT2D eigenvalue weighted by Gasteiger charge is 2.19. The van der Waals surface area contributed by atoms with Crippen molar-refractivity contribution < 1.29 is 10.0 Å². The van der Waals surface area contributed by atoms with Gasteiger partial charge in [-0.15, -0.1) is 0 Å². The van der Waals surface area contributed by atoms with Crippen molar-refractivity contribution in [3.05, 3.63) is 17.5 Å². The molecule has 1 aromatic heterocycles. The molecule has 6 nitrogen and oxygen atoms in total. The van der Waals surface area contributed by atoms with E-state index in [1.807, 2.05) is 4.68 Å². The summed E-state index contributed by atoms with van der Waals surface area (Å²) in [4.78, 5) is 13.5. The molecule has 0 aromatic carbocycles. The number of rotatable bonds is 3. The van der Waals surface area contributed by atoms with Crippen LogP contribution in [0.3, 0.4) is 0 Å². The summed E-state index contributed by atoms with van der Waals surface area (Å²) < 4.78 is 1.83. The van der Waals surface area contributed by atoms with Crippen LogP contribution in [-0.2, 0) is 13.1 Å². The molecule has 1 aliphatic heterocycles. The van der Waals surface area contributed by atoms with E-state index < -0.39 is 5.91 Å². The molecule has 0 spiro atoms. The van der Waals surface area contributed by atoms with Crippen LogP contribution in [0.4, 0.5) is 0 Å². The molecular formula is C10H16N4O2. The van der Waals surface area contributed by atoms with Gasteiger partial charge in [-0.3, -0.25) is 19.6 Å². The molecule has 0 saturated heterocycles. The Balaban J connectivity index is 2.13. The van der Waals surface area contributed by atoms with Gasteiger partial charge in [0.25, 0.3) is 5.91 Å². The Morgan fingerprint density at radius 2 is 2.44 bits per heavy atom. The Labute approximate surface area is 93.8 Å². The van der Waals surface area contributed by atoms with Crippen molar-refractivity contribution in [2.45, 2.75) is 26.4 Å². The molecule has 6 heteroatoms. The minimum Gasteiger partial charge on any atom is -0.296 e. The van der Waals surface area contributed by atoms with Gasteiger partial charge in [0.05, 0.1) is 12.2 Å². The topological polar surface area (TPSA) is 70.4 Å². The van der Waals surface area contributed by atoms with Gasteiger partial charge in [-0.05, 0) is 19.0 Å². The first-order chi connectivity index (χ1) is 7.74. The molecular weight excluding hydrogens is 208 g/mol. The number of hydroxylamine groups is 1. The summed E-state index contributed by atoms with van der Waals surface area (Å²) >= 11 is 0. The van der Waals surface area contributed by atoms with E-state index in [4.69, 9.17) is 5.21 Å². The number of amides is 1. The maximum absolute atomic E-state index is 11.2. The molecule has 1 aromatic rings. The van der Waals surface area contributed by atoms with E-state index in [1.165, 1.54) is 0 Å². The lowest BCUT2D eigenvalue weighted by atomic mass is 10.2. The normalized spacial score (nSPS) is 15.9. The number of nitrogens with zero attached hydrogens (tertiary/aromatic N) is 3. The summed E-state index contributed by atoms with van der Waals surface area (Å²) in [5, 5.41) is 12.7. The van der Waals surface area contributed by atoms with Gasteiger partial charge < -0.3 is 0 Å². The van der Waals surface area contributed by atoms with E-state index in [0.717, 1.165) is 38.3 Å². The molecule has 88 valence electrons. The van der Waals surface area contributed by atoms with E-state index >= 15 is 0 Å². The quantitative estimate of drug-likeness (QED) is 0.569. The fourth-order valence-corrected chi connectivity index (χ4v) is 2.00. The van der Waals surface area contributed by atoms with Crippen molar-refractivity contribution in [2.75, 3.05) is 13.1 Å². The largest absolute Gasteiger partial charge is 0.296 e. The predicted octanol–water partition coefficient (Wildman–Crippen LogP) is 0.228. The van der Waals surface area contributed by atoms with Crippen molar-refractivity contribution >= 4 is 5.91 Å². The molecule has 2 rings (SSSR count). The van der Waals surface area contributed by atoms with Crippen LogP contribution in [0.5, 0.6) is 0 Å². The lowest BCUT2D eigenvalue weighted by molar-refractivity contribution is 0.0699. The van der Waals surface area contributed by atoms with Crippen molar-refractivity contribution in [1.82, 2.24) is 20.2 Å². The van der Waals surface area contributed by atoms with Crippen molar-refractivity contribution in [3.63, 3.8) is 0 Å². The number of fused-ring (bicyclic) bond motifs is 1. The Morgan fingerprint density at radius 1 is 1.62 bits per heavy atom. The second-order valence-electron chi connectivity index (χ2n) is 3.96. The molecule has 0 aliphatic carbocycles. The smallest absolute Gasteiger partial charge is 0.295 e. The van der Waals surface area contributed by atoms with Crippen LogP contribution in [0.25, 0.3) is 0 Å². The van der Waals surface area contributed by atoms with Gasteiger partial charge in [-0.2, -0.15) is 5.10 Å². The fraction of sp³-hybridized carbons (Fsp3) is 0.600. The van der Waals surface area contributed by atoms with Crippen LogP contribution in [-0.4, -0.2) is 38.9 Å². The number of aromatic nitrogens is 2. The van der Waals surface area contributed by atoms with Gasteiger partial charge >= 0.3 is 0 Å². The van der Waals surface area contributed by atoms with E-state index in [1.54, 1.807) is 11.5 Å². The third-order valence-electron chi connectivity index (χ3n) is 2.75. The highest BCUT2D eigenvalue weighted by Crippen LogP contribution is 2.13. The van der Waals surface area contributed by atoms with Crippen LogP contribution in [0.2, 0.25) is 0 Å². The zero-order chi connectivity index (χ0) is 11.5. The number of hydrogen-bond acceptors (Lipinski definition) is 4. The molecule has 1 aliphatic rings. The predicted molar refractivity (Wildman–Crippen MR) is 57.0 cm³/mol. The zero-order valence-electron chi connectivity index (χ0n) is 9.31. The average Bonchev–Trinajstić information content (AvgIpc) is 2.71. The van der Waals surface area contributed by atoms with Crippen LogP contribution in [0, 0.1) is 0 Å². The summed E-state index contributed by atoms with van der Waals surface area (Å²) in [5.74, 6) is -0.552. The zero-order valence-corrected chi connectivity index (χ0v) is 9.31. The summed E-state index contributed by atoms with van der Waals surface area (Å²) in [6.07, 6.45) is 1.12. The van der Waals surface area contributed by atoms with Gasteiger partial charge in [-0.1, -0.05) is 6.92 Å². The minimum atomic E-state index is -0.552. The highest BCUT2D eigenvalue weighted by molar-refractivity contribution is 5.91. The molecule has 2 heterocycles. The molecule has 2 N–H and O–H groups in total. The van der Waals surface area contributed by atoms with Crippen LogP contribution >= 0.6 is 0 Å². The number of carbonyl (C=O) groups is 1. The summed E-state index contributed by atoms with van der Waals surface area (Å²) in [7, 11) is 0. The number of nitrogens with one attached hydrogen (secondary N) is 1. The molecule has 0 bridgehead atoms. The van der Waals surface area contributed by atoms with Gasteiger partial charge in [0.2, 0.25) is 0 Å². The van der Waals surface area contributed by atoms with Gasteiger partial charge in [0.15, 0.2) is 5.69 Å². The molecule has 0 unspecified atom stereocenters. The molecule has 0 atom stereocenters. The molecule has 1 amide bonds. The van der Waals surface area contributed by atoms with E-state index in [0.29, 0.717) is 0 Å². The van der Waals surface area contributed by atoms with Crippen molar-refractivity contribution in [3.8, 4) is 0 Å². The average molecular weight is 224 g/mol.